The topological polar surface area (TPSA) is 63.9 Å². The van der Waals surface area contributed by atoms with Crippen molar-refractivity contribution in [1.29, 1.82) is 0 Å². The molecule has 0 fully saturated rings. The minimum absolute atomic E-state index is 0.105. The number of rotatable bonds is 13. The lowest BCUT2D eigenvalue weighted by atomic mass is 10.0. The van der Waals surface area contributed by atoms with Gasteiger partial charge in [0.05, 0.1) is 12.2 Å². The molecule has 0 aliphatic heterocycles. The van der Waals surface area contributed by atoms with Crippen molar-refractivity contribution < 1.29 is 15.3 Å². The summed E-state index contributed by atoms with van der Waals surface area (Å²) in [6.07, 6.45) is 4.89. The zero-order chi connectivity index (χ0) is 15.4. The van der Waals surface area contributed by atoms with Crippen molar-refractivity contribution in [3.8, 4) is 0 Å². The van der Waals surface area contributed by atoms with E-state index in [-0.39, 0.29) is 6.61 Å². The summed E-state index contributed by atoms with van der Waals surface area (Å²) >= 11 is 0. The minimum atomic E-state index is -0.487. The van der Waals surface area contributed by atoms with Crippen LogP contribution in [-0.2, 0) is 0 Å². The molecule has 0 aliphatic carbocycles. The number of aliphatic hydroxyl groups excluding tert-OH is 3. The minimum Gasteiger partial charge on any atom is -0.396 e. The first kappa shape index (κ1) is 19.8. The van der Waals surface area contributed by atoms with Crippen LogP contribution < -0.4 is 0 Å². The van der Waals surface area contributed by atoms with E-state index in [0.717, 1.165) is 31.8 Å². The van der Waals surface area contributed by atoms with Gasteiger partial charge in [-0.2, -0.15) is 0 Å². The van der Waals surface area contributed by atoms with E-state index < -0.39 is 12.2 Å². The molecule has 0 rings (SSSR count). The summed E-state index contributed by atoms with van der Waals surface area (Å²) in [7, 11) is 2.13. The second-order valence-corrected chi connectivity index (χ2v) is 6.21. The Labute approximate surface area is 124 Å². The van der Waals surface area contributed by atoms with Gasteiger partial charge in [-0.05, 0) is 58.0 Å². The fraction of sp³-hybridized carbons (Fsp3) is 1.00. The highest BCUT2D eigenvalue weighted by Gasteiger charge is 2.12. The Balaban J connectivity index is 3.61. The van der Waals surface area contributed by atoms with E-state index in [1.165, 1.54) is 12.8 Å². The lowest BCUT2D eigenvalue weighted by molar-refractivity contribution is 0.0641. The molecule has 0 saturated carbocycles. The molecule has 0 saturated heterocycles. The van der Waals surface area contributed by atoms with Crippen LogP contribution in [0.4, 0.5) is 0 Å². The first-order chi connectivity index (χ1) is 9.49. The molecule has 20 heavy (non-hydrogen) atoms. The maximum absolute atomic E-state index is 9.86. The predicted molar refractivity (Wildman–Crippen MR) is 83.8 cm³/mol. The molecule has 3 N–H and O–H groups in total. The fourth-order valence-corrected chi connectivity index (χ4v) is 2.68. The van der Waals surface area contributed by atoms with Crippen molar-refractivity contribution in [3.05, 3.63) is 0 Å². The van der Waals surface area contributed by atoms with E-state index in [2.05, 4.69) is 25.8 Å². The number of hydrogen-bond acceptors (Lipinski definition) is 4. The van der Waals surface area contributed by atoms with Crippen LogP contribution in [0.3, 0.4) is 0 Å². The number of aliphatic hydroxyl groups is 3. The van der Waals surface area contributed by atoms with Crippen LogP contribution in [0.5, 0.6) is 0 Å². The molecule has 0 radical (unpaired) electrons. The third-order valence-electron chi connectivity index (χ3n) is 3.72. The van der Waals surface area contributed by atoms with Crippen LogP contribution in [-0.4, -0.2) is 59.2 Å². The summed E-state index contributed by atoms with van der Waals surface area (Å²) in [5.74, 6) is 0.732. The number of nitrogens with zero attached hydrogens (tertiary/aromatic N) is 1. The van der Waals surface area contributed by atoms with Gasteiger partial charge in [0.1, 0.15) is 0 Å². The molecule has 0 aromatic rings. The molecular weight excluding hydrogens is 254 g/mol. The molecule has 0 aromatic carbocycles. The van der Waals surface area contributed by atoms with Crippen LogP contribution in [0, 0.1) is 5.92 Å². The summed E-state index contributed by atoms with van der Waals surface area (Å²) in [6, 6.07) is 0. The van der Waals surface area contributed by atoms with Gasteiger partial charge in [-0.1, -0.05) is 20.3 Å². The van der Waals surface area contributed by atoms with E-state index in [0.29, 0.717) is 19.3 Å². The molecule has 0 bridgehead atoms. The van der Waals surface area contributed by atoms with E-state index >= 15 is 0 Å². The normalized spacial score (nSPS) is 16.4. The Kier molecular flexibility index (Phi) is 12.5. The van der Waals surface area contributed by atoms with Crippen molar-refractivity contribution >= 4 is 0 Å². The second kappa shape index (κ2) is 12.6. The summed E-state index contributed by atoms with van der Waals surface area (Å²) in [5.41, 5.74) is 0. The summed E-state index contributed by atoms with van der Waals surface area (Å²) in [6.45, 7) is 6.72. The Morgan fingerprint density at radius 2 is 1.60 bits per heavy atom. The zero-order valence-electron chi connectivity index (χ0n) is 13.6. The fourth-order valence-electron chi connectivity index (χ4n) is 2.68. The molecule has 122 valence electrons. The molecule has 4 nitrogen and oxygen atoms in total. The van der Waals surface area contributed by atoms with E-state index in [9.17, 15) is 10.2 Å². The van der Waals surface area contributed by atoms with Gasteiger partial charge in [-0.3, -0.25) is 0 Å². The Morgan fingerprint density at radius 1 is 1.00 bits per heavy atom. The first-order valence-corrected chi connectivity index (χ1v) is 8.15. The van der Waals surface area contributed by atoms with Gasteiger partial charge in [0.15, 0.2) is 0 Å². The van der Waals surface area contributed by atoms with Gasteiger partial charge >= 0.3 is 0 Å². The second-order valence-electron chi connectivity index (χ2n) is 6.21. The van der Waals surface area contributed by atoms with Crippen LogP contribution in [0.15, 0.2) is 0 Å². The quantitative estimate of drug-likeness (QED) is 0.485. The van der Waals surface area contributed by atoms with Gasteiger partial charge in [-0.15, -0.1) is 0 Å². The van der Waals surface area contributed by atoms with Crippen LogP contribution in [0.1, 0.15) is 58.8 Å². The molecule has 0 aromatic heterocycles. The van der Waals surface area contributed by atoms with Gasteiger partial charge in [0.25, 0.3) is 0 Å². The largest absolute Gasteiger partial charge is 0.396 e. The first-order valence-electron chi connectivity index (χ1n) is 8.15. The van der Waals surface area contributed by atoms with Crippen molar-refractivity contribution in [2.75, 3.05) is 26.7 Å². The van der Waals surface area contributed by atoms with Gasteiger partial charge in [0.2, 0.25) is 0 Å². The molecule has 3 atom stereocenters. The predicted octanol–water partition coefficient (Wildman–Crippen LogP) is 2.02. The summed E-state index contributed by atoms with van der Waals surface area (Å²) in [4.78, 5) is 2.33. The Bertz CT molecular complexity index is 214. The highest BCUT2D eigenvalue weighted by molar-refractivity contribution is 4.65. The highest BCUT2D eigenvalue weighted by Crippen LogP contribution is 2.11. The monoisotopic (exact) mass is 289 g/mol. The average molecular weight is 289 g/mol. The maximum Gasteiger partial charge on any atom is 0.0565 e. The summed E-state index contributed by atoms with van der Waals surface area (Å²) in [5, 5.41) is 28.2. The lowest BCUT2D eigenvalue weighted by Gasteiger charge is -2.22. The highest BCUT2D eigenvalue weighted by atomic mass is 16.3. The number of hydrogen-bond donors (Lipinski definition) is 3. The van der Waals surface area contributed by atoms with E-state index in [4.69, 9.17) is 5.11 Å². The molecular formula is C16H35NO3. The maximum atomic E-state index is 9.86. The molecule has 0 heterocycles. The third-order valence-corrected chi connectivity index (χ3v) is 3.72. The molecule has 2 unspecified atom stereocenters. The Hall–Kier alpha value is -0.160. The van der Waals surface area contributed by atoms with Crippen molar-refractivity contribution in [2.45, 2.75) is 71.0 Å². The van der Waals surface area contributed by atoms with Crippen molar-refractivity contribution in [2.24, 2.45) is 5.92 Å². The van der Waals surface area contributed by atoms with Crippen LogP contribution in [0.2, 0.25) is 0 Å². The van der Waals surface area contributed by atoms with E-state index in [1.807, 2.05) is 0 Å². The molecule has 0 spiro atoms. The molecule has 0 aliphatic rings. The summed E-state index contributed by atoms with van der Waals surface area (Å²) < 4.78 is 0. The smallest absolute Gasteiger partial charge is 0.0565 e. The SMILES string of the molecule is CCCC(C)CN(C)CCCC(O)C[C@H](O)CCCO. The lowest BCUT2D eigenvalue weighted by Crippen LogP contribution is -2.26. The van der Waals surface area contributed by atoms with Gasteiger partial charge in [0, 0.05) is 13.2 Å². The van der Waals surface area contributed by atoms with Gasteiger partial charge in [-0.25, -0.2) is 0 Å². The van der Waals surface area contributed by atoms with Crippen LogP contribution in [0.25, 0.3) is 0 Å². The van der Waals surface area contributed by atoms with Crippen molar-refractivity contribution in [3.63, 3.8) is 0 Å². The average Bonchev–Trinajstić information content (AvgIpc) is 2.36. The Morgan fingerprint density at radius 3 is 2.15 bits per heavy atom. The third kappa shape index (κ3) is 11.6. The molecule has 0 amide bonds. The van der Waals surface area contributed by atoms with Gasteiger partial charge < -0.3 is 20.2 Å². The van der Waals surface area contributed by atoms with E-state index in [1.54, 1.807) is 0 Å². The zero-order valence-corrected chi connectivity index (χ0v) is 13.6. The standard InChI is InChI=1S/C16H35NO3/c1-4-7-14(2)13-17(3)10-5-8-15(19)12-16(20)9-6-11-18/h14-16,18-20H,4-13H2,1-3H3/t14?,15?,16-/m1/s1. The van der Waals surface area contributed by atoms with Crippen LogP contribution >= 0.6 is 0 Å². The molecule has 4 heteroatoms. The van der Waals surface area contributed by atoms with Crippen molar-refractivity contribution in [1.82, 2.24) is 4.90 Å².